The molecule has 5 heteroatoms. The van der Waals surface area contributed by atoms with Crippen molar-refractivity contribution in [3.05, 3.63) is 11.3 Å². The SMILES string of the molecule is Cc1nsc(NC2(C)CC2)c1C(=O)O. The van der Waals surface area contributed by atoms with Crippen molar-refractivity contribution in [2.45, 2.75) is 32.2 Å². The molecule has 1 fully saturated rings. The summed E-state index contributed by atoms with van der Waals surface area (Å²) in [5.74, 6) is -0.900. The van der Waals surface area contributed by atoms with E-state index in [1.165, 1.54) is 11.5 Å². The van der Waals surface area contributed by atoms with Crippen LogP contribution in [0.3, 0.4) is 0 Å². The summed E-state index contributed by atoms with van der Waals surface area (Å²) in [7, 11) is 0. The highest BCUT2D eigenvalue weighted by atomic mass is 32.1. The fraction of sp³-hybridized carbons (Fsp3) is 0.556. The molecule has 0 radical (unpaired) electrons. The Morgan fingerprint density at radius 3 is 2.79 bits per heavy atom. The van der Waals surface area contributed by atoms with E-state index in [2.05, 4.69) is 16.6 Å². The average Bonchev–Trinajstić information content (AvgIpc) is 2.67. The van der Waals surface area contributed by atoms with Gasteiger partial charge in [-0.05, 0) is 38.2 Å². The molecule has 1 aliphatic carbocycles. The first-order chi connectivity index (χ1) is 6.52. The summed E-state index contributed by atoms with van der Waals surface area (Å²) in [6, 6.07) is 0. The van der Waals surface area contributed by atoms with Gasteiger partial charge in [-0.2, -0.15) is 4.37 Å². The molecule has 1 saturated carbocycles. The van der Waals surface area contributed by atoms with Crippen molar-refractivity contribution < 1.29 is 9.90 Å². The third-order valence-electron chi connectivity index (χ3n) is 2.49. The highest BCUT2D eigenvalue weighted by Gasteiger charge is 2.38. The predicted octanol–water partition coefficient (Wildman–Crippen LogP) is 2.11. The summed E-state index contributed by atoms with van der Waals surface area (Å²) in [5, 5.41) is 12.9. The Morgan fingerprint density at radius 2 is 2.29 bits per heavy atom. The van der Waals surface area contributed by atoms with E-state index in [-0.39, 0.29) is 5.54 Å². The molecule has 76 valence electrons. The van der Waals surface area contributed by atoms with Gasteiger partial charge in [0.2, 0.25) is 0 Å². The zero-order valence-electron chi connectivity index (χ0n) is 8.13. The number of carboxylic acids is 1. The third kappa shape index (κ3) is 1.59. The lowest BCUT2D eigenvalue weighted by molar-refractivity contribution is 0.0697. The van der Waals surface area contributed by atoms with Gasteiger partial charge in [0.15, 0.2) is 0 Å². The summed E-state index contributed by atoms with van der Waals surface area (Å²) >= 11 is 1.23. The first kappa shape index (κ1) is 9.45. The maximum absolute atomic E-state index is 10.9. The molecule has 1 heterocycles. The molecule has 1 aromatic rings. The molecular formula is C9H12N2O2S. The fourth-order valence-corrected chi connectivity index (χ4v) is 2.23. The predicted molar refractivity (Wildman–Crippen MR) is 55.1 cm³/mol. The van der Waals surface area contributed by atoms with Gasteiger partial charge in [-0.15, -0.1) is 0 Å². The van der Waals surface area contributed by atoms with Gasteiger partial charge >= 0.3 is 5.97 Å². The van der Waals surface area contributed by atoms with Crippen molar-refractivity contribution in [3.8, 4) is 0 Å². The number of anilines is 1. The minimum absolute atomic E-state index is 0.100. The molecule has 0 saturated heterocycles. The number of carboxylic acid groups (broad SMARTS) is 1. The summed E-state index contributed by atoms with van der Waals surface area (Å²) in [6.07, 6.45) is 2.20. The highest BCUT2D eigenvalue weighted by molar-refractivity contribution is 7.10. The molecule has 4 nitrogen and oxygen atoms in total. The van der Waals surface area contributed by atoms with E-state index in [1.807, 2.05) is 0 Å². The smallest absolute Gasteiger partial charge is 0.340 e. The van der Waals surface area contributed by atoms with Crippen LogP contribution in [0.5, 0.6) is 0 Å². The van der Waals surface area contributed by atoms with Gasteiger partial charge in [0.25, 0.3) is 0 Å². The number of nitrogens with zero attached hydrogens (tertiary/aromatic N) is 1. The molecule has 0 bridgehead atoms. The Balaban J connectivity index is 2.28. The van der Waals surface area contributed by atoms with Crippen molar-refractivity contribution in [1.82, 2.24) is 4.37 Å². The van der Waals surface area contributed by atoms with Gasteiger partial charge in [-0.1, -0.05) is 0 Å². The molecular weight excluding hydrogens is 200 g/mol. The highest BCUT2D eigenvalue weighted by Crippen LogP contribution is 2.40. The number of aryl methyl sites for hydroxylation is 1. The summed E-state index contributed by atoms with van der Waals surface area (Å²) in [6.45, 7) is 3.81. The second kappa shape index (κ2) is 2.95. The van der Waals surface area contributed by atoms with Crippen LogP contribution in [0.2, 0.25) is 0 Å². The van der Waals surface area contributed by atoms with E-state index in [9.17, 15) is 4.79 Å². The number of aromatic nitrogens is 1. The second-order valence-electron chi connectivity index (χ2n) is 3.96. The van der Waals surface area contributed by atoms with Crippen molar-refractivity contribution >= 4 is 22.5 Å². The van der Waals surface area contributed by atoms with Crippen molar-refractivity contribution in [3.63, 3.8) is 0 Å². The summed E-state index contributed by atoms with van der Waals surface area (Å²) < 4.78 is 4.05. The molecule has 14 heavy (non-hydrogen) atoms. The van der Waals surface area contributed by atoms with Crippen LogP contribution in [-0.2, 0) is 0 Å². The number of hydrogen-bond acceptors (Lipinski definition) is 4. The molecule has 0 aliphatic heterocycles. The monoisotopic (exact) mass is 212 g/mol. The molecule has 0 spiro atoms. The quantitative estimate of drug-likeness (QED) is 0.805. The number of aromatic carboxylic acids is 1. The molecule has 2 N–H and O–H groups in total. The maximum Gasteiger partial charge on any atom is 0.340 e. The van der Waals surface area contributed by atoms with Gasteiger partial charge in [0.1, 0.15) is 10.6 Å². The molecule has 0 aromatic carbocycles. The van der Waals surface area contributed by atoms with Crippen molar-refractivity contribution in [1.29, 1.82) is 0 Å². The Kier molecular flexibility index (Phi) is 1.99. The standard InChI is InChI=1S/C9H12N2O2S/c1-5-6(8(12)13)7(14-11-5)10-9(2)3-4-9/h10H,3-4H2,1-2H3,(H,12,13). The van der Waals surface area contributed by atoms with Crippen LogP contribution >= 0.6 is 11.5 Å². The third-order valence-corrected chi connectivity index (χ3v) is 3.35. The lowest BCUT2D eigenvalue weighted by atomic mass is 10.2. The van der Waals surface area contributed by atoms with Crippen LogP contribution in [0, 0.1) is 6.92 Å². The molecule has 0 atom stereocenters. The molecule has 2 rings (SSSR count). The zero-order chi connectivity index (χ0) is 10.3. The van der Waals surface area contributed by atoms with Crippen LogP contribution in [0.4, 0.5) is 5.00 Å². The molecule has 0 unspecified atom stereocenters. The van der Waals surface area contributed by atoms with E-state index in [0.29, 0.717) is 16.3 Å². The molecule has 1 aromatic heterocycles. The normalized spacial score (nSPS) is 17.9. The minimum Gasteiger partial charge on any atom is -0.478 e. The molecule has 0 amide bonds. The van der Waals surface area contributed by atoms with Crippen molar-refractivity contribution in [2.24, 2.45) is 0 Å². The Hall–Kier alpha value is -1.10. The minimum atomic E-state index is -0.900. The van der Waals surface area contributed by atoms with Gasteiger partial charge in [-0.25, -0.2) is 4.79 Å². The Bertz CT molecular complexity index is 382. The second-order valence-corrected chi connectivity index (χ2v) is 4.74. The number of rotatable bonds is 3. The van der Waals surface area contributed by atoms with Gasteiger partial charge in [0.05, 0.1) is 5.69 Å². The fourth-order valence-electron chi connectivity index (χ4n) is 1.29. The van der Waals surface area contributed by atoms with E-state index in [1.54, 1.807) is 6.92 Å². The van der Waals surface area contributed by atoms with Crippen LogP contribution in [-0.4, -0.2) is 21.0 Å². The van der Waals surface area contributed by atoms with Crippen LogP contribution in [0.15, 0.2) is 0 Å². The summed E-state index contributed by atoms with van der Waals surface area (Å²) in [5.41, 5.74) is 1.01. The number of carbonyl (C=O) groups is 1. The van der Waals surface area contributed by atoms with E-state index in [4.69, 9.17) is 5.11 Å². The largest absolute Gasteiger partial charge is 0.478 e. The van der Waals surface area contributed by atoms with Gasteiger partial charge in [-0.3, -0.25) is 0 Å². The average molecular weight is 212 g/mol. The van der Waals surface area contributed by atoms with Crippen LogP contribution in [0.1, 0.15) is 35.8 Å². The van der Waals surface area contributed by atoms with Crippen molar-refractivity contribution in [2.75, 3.05) is 5.32 Å². The maximum atomic E-state index is 10.9. The first-order valence-electron chi connectivity index (χ1n) is 4.50. The van der Waals surface area contributed by atoms with E-state index in [0.717, 1.165) is 12.8 Å². The number of nitrogens with one attached hydrogen (secondary N) is 1. The Morgan fingerprint density at radius 1 is 1.64 bits per heavy atom. The van der Waals surface area contributed by atoms with Crippen LogP contribution in [0.25, 0.3) is 0 Å². The van der Waals surface area contributed by atoms with Gasteiger partial charge in [0, 0.05) is 5.54 Å². The Labute approximate surface area is 86.1 Å². The van der Waals surface area contributed by atoms with Crippen LogP contribution < -0.4 is 5.32 Å². The van der Waals surface area contributed by atoms with E-state index < -0.39 is 5.97 Å². The topological polar surface area (TPSA) is 62.2 Å². The molecule has 1 aliphatic rings. The lowest BCUT2D eigenvalue weighted by Crippen LogP contribution is -2.17. The van der Waals surface area contributed by atoms with Gasteiger partial charge < -0.3 is 10.4 Å². The lowest BCUT2D eigenvalue weighted by Gasteiger charge is -2.10. The number of hydrogen-bond donors (Lipinski definition) is 2. The van der Waals surface area contributed by atoms with E-state index >= 15 is 0 Å². The zero-order valence-corrected chi connectivity index (χ0v) is 8.94. The summed E-state index contributed by atoms with van der Waals surface area (Å²) in [4.78, 5) is 10.9. The first-order valence-corrected chi connectivity index (χ1v) is 5.27.